The Kier molecular flexibility index (Phi) is 10.1. The molecule has 8 nitrogen and oxygen atoms in total. The molecular weight excluding hydrogens is 485 g/mol. The monoisotopic (exact) mass is 519 g/mol. The van der Waals surface area contributed by atoms with E-state index in [1.54, 1.807) is 12.1 Å². The van der Waals surface area contributed by atoms with E-state index in [0.717, 1.165) is 11.3 Å². The second-order valence-corrected chi connectivity index (χ2v) is 10.2. The summed E-state index contributed by atoms with van der Waals surface area (Å²) in [4.78, 5) is 19.4. The molecule has 1 unspecified atom stereocenters. The zero-order chi connectivity index (χ0) is 26.1. The van der Waals surface area contributed by atoms with E-state index in [9.17, 15) is 9.18 Å². The molecule has 1 N–H and O–H groups in total. The zero-order valence-electron chi connectivity index (χ0n) is 21.5. The van der Waals surface area contributed by atoms with E-state index in [1.807, 2.05) is 32.8 Å². The van der Waals surface area contributed by atoms with Gasteiger partial charge in [-0.25, -0.2) is 14.2 Å². The first-order valence-electron chi connectivity index (χ1n) is 11.9. The molecule has 1 aliphatic heterocycles. The molecule has 0 bridgehead atoms. The van der Waals surface area contributed by atoms with Crippen molar-refractivity contribution in [1.82, 2.24) is 9.88 Å². The van der Waals surface area contributed by atoms with Crippen LogP contribution in [0.2, 0.25) is 0 Å². The van der Waals surface area contributed by atoms with Gasteiger partial charge in [0.1, 0.15) is 0 Å². The van der Waals surface area contributed by atoms with Crippen molar-refractivity contribution in [2.24, 2.45) is 0 Å². The van der Waals surface area contributed by atoms with Crippen molar-refractivity contribution in [2.45, 2.75) is 45.0 Å². The molecule has 1 saturated heterocycles. The van der Waals surface area contributed by atoms with E-state index in [0.29, 0.717) is 43.2 Å². The third-order valence-electron chi connectivity index (χ3n) is 5.26. The van der Waals surface area contributed by atoms with Gasteiger partial charge in [0.05, 0.1) is 33.0 Å². The maximum Gasteiger partial charge on any atom is 0.357 e. The van der Waals surface area contributed by atoms with E-state index >= 15 is 0 Å². The number of ether oxygens (including phenoxy) is 4. The minimum absolute atomic E-state index is 0.0173. The van der Waals surface area contributed by atoms with Gasteiger partial charge < -0.3 is 24.3 Å². The number of nitrogens with zero attached hydrogens (tertiary/aromatic N) is 2. The Hall–Kier alpha value is -2.71. The summed E-state index contributed by atoms with van der Waals surface area (Å²) in [5.41, 5.74) is 0.883. The molecular formula is C26H34FN3O5S. The predicted molar refractivity (Wildman–Crippen MR) is 137 cm³/mol. The summed E-state index contributed by atoms with van der Waals surface area (Å²) in [6.07, 6.45) is 1.87. The fraction of sp³-hybridized carbons (Fsp3) is 0.538. The van der Waals surface area contributed by atoms with Gasteiger partial charge in [0.25, 0.3) is 0 Å². The molecule has 1 aromatic carbocycles. The number of carbonyl (C=O) groups is 1. The zero-order valence-corrected chi connectivity index (χ0v) is 22.3. The molecule has 1 aliphatic rings. The van der Waals surface area contributed by atoms with Crippen LogP contribution in [-0.2, 0) is 20.6 Å². The third kappa shape index (κ3) is 8.45. The average molecular weight is 520 g/mol. The summed E-state index contributed by atoms with van der Waals surface area (Å²) >= 11 is 1.39. The number of halogens is 1. The van der Waals surface area contributed by atoms with Gasteiger partial charge in [0.2, 0.25) is 0 Å². The summed E-state index contributed by atoms with van der Waals surface area (Å²) in [7, 11) is 5.18. The van der Waals surface area contributed by atoms with Crippen molar-refractivity contribution in [3.63, 3.8) is 0 Å². The van der Waals surface area contributed by atoms with Gasteiger partial charge in [-0.05, 0) is 65.4 Å². The number of esters is 1. The van der Waals surface area contributed by atoms with Crippen molar-refractivity contribution < 1.29 is 28.1 Å². The summed E-state index contributed by atoms with van der Waals surface area (Å²) in [6, 6.07) is 4.70. The number of nitrogens with one attached hydrogen (secondary N) is 1. The highest BCUT2D eigenvalue weighted by Gasteiger charge is 2.29. The lowest BCUT2D eigenvalue weighted by Gasteiger charge is -2.36. The Bertz CT molecular complexity index is 1090. The van der Waals surface area contributed by atoms with Gasteiger partial charge in [-0.15, -0.1) is 11.3 Å². The number of thiazole rings is 1. The molecule has 1 fully saturated rings. The normalized spacial score (nSPS) is 16.8. The molecule has 10 heteroatoms. The summed E-state index contributed by atoms with van der Waals surface area (Å²) < 4.78 is 36.4. The number of hydrogen-bond acceptors (Lipinski definition) is 9. The first-order valence-corrected chi connectivity index (χ1v) is 12.7. The first-order chi connectivity index (χ1) is 17.2. The summed E-state index contributed by atoms with van der Waals surface area (Å²) in [5, 5.41) is 3.89. The fourth-order valence-electron chi connectivity index (χ4n) is 3.54. The van der Waals surface area contributed by atoms with Crippen LogP contribution in [0.3, 0.4) is 0 Å². The SMILES string of the molecule is COC(=O)c1nc(NCC2CCOC(C)(C)O2)sc1CCCOc1ccc(C#CCN(C)C)cc1F. The van der Waals surface area contributed by atoms with Crippen LogP contribution >= 0.6 is 11.3 Å². The Morgan fingerprint density at radius 2 is 2.19 bits per heavy atom. The van der Waals surface area contributed by atoms with Crippen LogP contribution in [0.25, 0.3) is 0 Å². The average Bonchev–Trinajstić information content (AvgIpc) is 3.23. The number of aromatic nitrogens is 1. The quantitative estimate of drug-likeness (QED) is 0.287. The van der Waals surface area contributed by atoms with E-state index in [-0.39, 0.29) is 24.2 Å². The van der Waals surface area contributed by atoms with E-state index in [2.05, 4.69) is 22.1 Å². The number of hydrogen-bond donors (Lipinski definition) is 1. The molecule has 0 aliphatic carbocycles. The van der Waals surface area contributed by atoms with E-state index in [4.69, 9.17) is 18.9 Å². The van der Waals surface area contributed by atoms with Crippen molar-refractivity contribution in [3.8, 4) is 17.6 Å². The van der Waals surface area contributed by atoms with Crippen molar-refractivity contribution in [3.05, 3.63) is 40.2 Å². The lowest BCUT2D eigenvalue weighted by molar-refractivity contribution is -0.269. The number of carbonyl (C=O) groups excluding carboxylic acids is 1. The largest absolute Gasteiger partial charge is 0.491 e. The second-order valence-electron chi connectivity index (χ2n) is 9.08. The Morgan fingerprint density at radius 3 is 2.89 bits per heavy atom. The number of aryl methyl sites for hydroxylation is 1. The van der Waals surface area contributed by atoms with Crippen LogP contribution in [0.15, 0.2) is 18.2 Å². The van der Waals surface area contributed by atoms with E-state index < -0.39 is 17.6 Å². The Labute approximate surface area is 216 Å². The van der Waals surface area contributed by atoms with Gasteiger partial charge in [0, 0.05) is 17.0 Å². The molecule has 196 valence electrons. The highest BCUT2D eigenvalue weighted by molar-refractivity contribution is 7.15. The highest BCUT2D eigenvalue weighted by atomic mass is 32.1. The molecule has 0 spiro atoms. The van der Waals surface area contributed by atoms with Gasteiger partial charge >= 0.3 is 5.97 Å². The molecule has 2 heterocycles. The lowest BCUT2D eigenvalue weighted by atomic mass is 10.2. The number of rotatable bonds is 10. The third-order valence-corrected chi connectivity index (χ3v) is 6.34. The predicted octanol–water partition coefficient (Wildman–Crippen LogP) is 3.95. The smallest absolute Gasteiger partial charge is 0.357 e. The van der Waals surface area contributed by atoms with Crippen LogP contribution in [0.5, 0.6) is 5.75 Å². The molecule has 2 aromatic rings. The number of anilines is 1. The van der Waals surface area contributed by atoms with Gasteiger partial charge in [0.15, 0.2) is 28.2 Å². The van der Waals surface area contributed by atoms with Crippen LogP contribution in [-0.4, -0.2) is 75.3 Å². The summed E-state index contributed by atoms with van der Waals surface area (Å²) in [5.74, 6) is 4.53. The Morgan fingerprint density at radius 1 is 1.39 bits per heavy atom. The maximum atomic E-state index is 14.4. The van der Waals surface area contributed by atoms with Crippen LogP contribution in [0.1, 0.15) is 47.6 Å². The fourth-order valence-corrected chi connectivity index (χ4v) is 4.54. The Balaban J connectivity index is 1.53. The van der Waals surface area contributed by atoms with Crippen molar-refractivity contribution in [2.75, 3.05) is 52.8 Å². The lowest BCUT2D eigenvalue weighted by Crippen LogP contribution is -2.42. The molecule has 3 rings (SSSR count). The molecule has 1 atom stereocenters. The first kappa shape index (κ1) is 27.9. The van der Waals surface area contributed by atoms with Crippen molar-refractivity contribution >= 4 is 22.4 Å². The van der Waals surface area contributed by atoms with Crippen molar-refractivity contribution in [1.29, 1.82) is 0 Å². The molecule has 0 saturated carbocycles. The molecule has 1 aromatic heterocycles. The highest BCUT2D eigenvalue weighted by Crippen LogP contribution is 2.27. The number of methoxy groups -OCH3 is 1. The van der Waals surface area contributed by atoms with Crippen LogP contribution in [0, 0.1) is 17.7 Å². The van der Waals surface area contributed by atoms with Crippen LogP contribution < -0.4 is 10.1 Å². The van der Waals surface area contributed by atoms with Gasteiger partial charge in [-0.2, -0.15) is 0 Å². The standard InChI is InChI=1S/C26H34FN3O5S/c1-26(2)34-15-12-19(35-26)17-28-25-29-23(24(31)32-5)22(36-25)9-7-14-33-21-11-10-18(16-20(21)27)8-6-13-30(3)4/h10-11,16,19H,7,9,12-15,17H2,1-5H3,(H,28,29). The molecule has 0 radical (unpaired) electrons. The topological polar surface area (TPSA) is 82.2 Å². The minimum Gasteiger partial charge on any atom is -0.491 e. The minimum atomic E-state index is -0.616. The van der Waals surface area contributed by atoms with Crippen LogP contribution in [0.4, 0.5) is 9.52 Å². The van der Waals surface area contributed by atoms with Gasteiger partial charge in [-0.3, -0.25) is 4.90 Å². The summed E-state index contributed by atoms with van der Waals surface area (Å²) in [6.45, 7) is 5.84. The van der Waals surface area contributed by atoms with Gasteiger partial charge in [-0.1, -0.05) is 11.8 Å². The maximum absolute atomic E-state index is 14.4. The second kappa shape index (κ2) is 13.0. The molecule has 0 amide bonds. The molecule has 36 heavy (non-hydrogen) atoms. The van der Waals surface area contributed by atoms with E-state index in [1.165, 1.54) is 24.5 Å². The number of benzene rings is 1.